The largest absolute Gasteiger partial charge is 0.488 e. The van der Waals surface area contributed by atoms with Crippen LogP contribution in [0.2, 0.25) is 0 Å². The van der Waals surface area contributed by atoms with Crippen LogP contribution in [0, 0.1) is 28.9 Å². The van der Waals surface area contributed by atoms with Crippen molar-refractivity contribution in [2.75, 3.05) is 32.9 Å². The second-order valence-electron chi connectivity index (χ2n) is 9.01. The molecule has 0 aliphatic carbocycles. The minimum absolute atomic E-state index is 0.0183. The average molecular weight is 469 g/mol. The van der Waals surface area contributed by atoms with Gasteiger partial charge in [0.1, 0.15) is 24.0 Å². The highest BCUT2D eigenvalue weighted by Gasteiger charge is 2.47. The van der Waals surface area contributed by atoms with E-state index in [1.165, 1.54) is 12.1 Å². The second kappa shape index (κ2) is 8.95. The first-order valence-corrected chi connectivity index (χ1v) is 11.3. The van der Waals surface area contributed by atoms with Crippen LogP contribution in [0.5, 0.6) is 5.75 Å². The number of rotatable bonds is 5. The van der Waals surface area contributed by atoms with E-state index in [2.05, 4.69) is 11.4 Å². The van der Waals surface area contributed by atoms with Crippen LogP contribution in [0.3, 0.4) is 0 Å². The maximum Gasteiger partial charge on any atom is 0.252 e. The van der Waals surface area contributed by atoms with E-state index in [0.717, 1.165) is 5.56 Å². The molecule has 5 rings (SSSR count). The summed E-state index contributed by atoms with van der Waals surface area (Å²) in [7, 11) is 0. The summed E-state index contributed by atoms with van der Waals surface area (Å²) in [6, 6.07) is 8.19. The van der Waals surface area contributed by atoms with E-state index >= 15 is 4.39 Å². The van der Waals surface area contributed by atoms with Gasteiger partial charge < -0.3 is 25.3 Å². The fourth-order valence-electron chi connectivity index (χ4n) is 4.83. The number of fused-ring (bicyclic) bond motifs is 3. The molecular weight excluding hydrogens is 444 g/mol. The summed E-state index contributed by atoms with van der Waals surface area (Å²) < 4.78 is 46.7. The van der Waals surface area contributed by atoms with E-state index in [1.807, 2.05) is 0 Å². The highest BCUT2D eigenvalue weighted by atomic mass is 19.1. The van der Waals surface area contributed by atoms with Gasteiger partial charge in [-0.05, 0) is 60.3 Å². The van der Waals surface area contributed by atoms with Crippen molar-refractivity contribution < 1.29 is 27.8 Å². The van der Waals surface area contributed by atoms with E-state index in [-0.39, 0.29) is 43.5 Å². The predicted octanol–water partition coefficient (Wildman–Crippen LogP) is 2.55. The number of benzene rings is 2. The van der Waals surface area contributed by atoms with Crippen molar-refractivity contribution in [2.24, 2.45) is 11.7 Å². The van der Waals surface area contributed by atoms with Crippen molar-refractivity contribution in [3.8, 4) is 22.9 Å². The number of nitrogens with two attached hydrogens (primary N) is 1. The lowest BCUT2D eigenvalue weighted by atomic mass is 9.81. The van der Waals surface area contributed by atoms with Crippen molar-refractivity contribution in [1.82, 2.24) is 5.32 Å². The Morgan fingerprint density at radius 1 is 1.24 bits per heavy atom. The third-order valence-electron chi connectivity index (χ3n) is 6.93. The lowest BCUT2D eigenvalue weighted by Crippen LogP contribution is -2.57. The summed E-state index contributed by atoms with van der Waals surface area (Å²) in [5.41, 5.74) is 6.75. The zero-order valence-corrected chi connectivity index (χ0v) is 18.5. The van der Waals surface area contributed by atoms with Crippen LogP contribution in [0.25, 0.3) is 11.1 Å². The highest BCUT2D eigenvalue weighted by Crippen LogP contribution is 2.42. The Labute approximate surface area is 195 Å². The topological polar surface area (TPSA) is 107 Å². The fourth-order valence-corrected chi connectivity index (χ4v) is 4.83. The number of nitriles is 1. The Hall–Kier alpha value is -3.06. The first kappa shape index (κ1) is 22.7. The molecule has 178 valence electrons. The Balaban J connectivity index is 1.49. The van der Waals surface area contributed by atoms with Gasteiger partial charge in [0.15, 0.2) is 5.60 Å². The monoisotopic (exact) mass is 469 g/mol. The maximum absolute atomic E-state index is 15.3. The molecule has 1 amide bonds. The molecule has 2 saturated heterocycles. The first-order chi connectivity index (χ1) is 16.4. The van der Waals surface area contributed by atoms with Crippen molar-refractivity contribution in [3.05, 3.63) is 52.6 Å². The normalized spacial score (nSPS) is 22.9. The number of amides is 1. The van der Waals surface area contributed by atoms with Crippen LogP contribution in [0.4, 0.5) is 8.78 Å². The van der Waals surface area contributed by atoms with Gasteiger partial charge in [-0.1, -0.05) is 0 Å². The van der Waals surface area contributed by atoms with Gasteiger partial charge in [0.2, 0.25) is 0 Å². The highest BCUT2D eigenvalue weighted by molar-refractivity contribution is 5.85. The molecule has 1 unspecified atom stereocenters. The number of hydrogen-bond acceptors (Lipinski definition) is 6. The zero-order chi connectivity index (χ0) is 23.9. The Morgan fingerprint density at radius 2 is 2.06 bits per heavy atom. The van der Waals surface area contributed by atoms with E-state index in [0.29, 0.717) is 48.6 Å². The summed E-state index contributed by atoms with van der Waals surface area (Å²) in [4.78, 5) is 12.4. The number of primary amides is 1. The standard InChI is InChI=1S/C25H25F2N3O4/c26-21-8-20-18-7-19(16-10-32-11-16)22(27)5-15(18)12-33-23(20)6-14(21)4-17(9-28)25(24(29)31)13-30-2-1-3-34-25/h5-8,16-17,30H,1-4,10-13H2,(H2,29,31)/t17-,25?/m0/s1. The van der Waals surface area contributed by atoms with Gasteiger partial charge in [0, 0.05) is 30.2 Å². The molecule has 3 aliphatic heterocycles. The van der Waals surface area contributed by atoms with E-state index in [4.69, 9.17) is 19.9 Å². The molecule has 0 radical (unpaired) electrons. The van der Waals surface area contributed by atoms with Gasteiger partial charge in [-0.3, -0.25) is 4.79 Å². The number of carbonyl (C=O) groups is 1. The van der Waals surface area contributed by atoms with Crippen molar-refractivity contribution in [3.63, 3.8) is 0 Å². The zero-order valence-electron chi connectivity index (χ0n) is 18.5. The molecule has 9 heteroatoms. The van der Waals surface area contributed by atoms with E-state index in [1.54, 1.807) is 12.1 Å². The number of ether oxygens (including phenoxy) is 3. The van der Waals surface area contributed by atoms with Gasteiger partial charge in [-0.25, -0.2) is 8.78 Å². The van der Waals surface area contributed by atoms with Gasteiger partial charge in [-0.15, -0.1) is 0 Å². The Bertz CT molecular complexity index is 1170. The molecule has 34 heavy (non-hydrogen) atoms. The van der Waals surface area contributed by atoms with Crippen LogP contribution in [-0.4, -0.2) is 44.4 Å². The van der Waals surface area contributed by atoms with Gasteiger partial charge in [-0.2, -0.15) is 5.26 Å². The van der Waals surface area contributed by atoms with Gasteiger partial charge >= 0.3 is 0 Å². The molecule has 7 nitrogen and oxygen atoms in total. The number of carbonyl (C=O) groups excluding carboxylic acids is 1. The number of nitrogens with zero attached hydrogens (tertiary/aromatic N) is 1. The number of halogens is 2. The molecule has 3 N–H and O–H groups in total. The molecule has 3 aliphatic rings. The van der Waals surface area contributed by atoms with E-state index in [9.17, 15) is 14.4 Å². The van der Waals surface area contributed by atoms with Crippen LogP contribution in [0.15, 0.2) is 24.3 Å². The molecule has 0 saturated carbocycles. The summed E-state index contributed by atoms with van der Waals surface area (Å²) >= 11 is 0. The Kier molecular flexibility index (Phi) is 5.98. The maximum atomic E-state index is 15.3. The molecular formula is C25H25F2N3O4. The molecule has 0 bridgehead atoms. The van der Waals surface area contributed by atoms with Crippen molar-refractivity contribution in [1.29, 1.82) is 5.26 Å². The molecule has 0 spiro atoms. The summed E-state index contributed by atoms with van der Waals surface area (Å²) in [5.74, 6) is -2.20. The van der Waals surface area contributed by atoms with Gasteiger partial charge in [0.05, 0.1) is 25.2 Å². The molecule has 0 aromatic heterocycles. The smallest absolute Gasteiger partial charge is 0.252 e. The first-order valence-electron chi connectivity index (χ1n) is 11.3. The second-order valence-corrected chi connectivity index (χ2v) is 9.01. The Morgan fingerprint density at radius 3 is 2.76 bits per heavy atom. The third-order valence-corrected chi connectivity index (χ3v) is 6.93. The molecule has 2 atom stereocenters. The minimum Gasteiger partial charge on any atom is -0.488 e. The predicted molar refractivity (Wildman–Crippen MR) is 118 cm³/mol. The molecule has 2 aromatic rings. The molecule has 2 fully saturated rings. The fraction of sp³-hybridized carbons (Fsp3) is 0.440. The lowest BCUT2D eigenvalue weighted by molar-refractivity contribution is -0.147. The number of nitrogens with one attached hydrogen (secondary N) is 1. The summed E-state index contributed by atoms with van der Waals surface area (Å²) in [5, 5.41) is 13.0. The minimum atomic E-state index is -1.56. The molecule has 3 heterocycles. The van der Waals surface area contributed by atoms with Gasteiger partial charge in [0.25, 0.3) is 5.91 Å². The number of hydrogen-bond donors (Lipinski definition) is 2. The SMILES string of the molecule is N#C[C@H](Cc1cc2c(cc1F)-c1cc(C3COC3)c(F)cc1CO2)C1(C(N)=O)CNCCCO1. The van der Waals surface area contributed by atoms with Crippen LogP contribution >= 0.6 is 0 Å². The average Bonchev–Trinajstić information content (AvgIpc) is 3.04. The third kappa shape index (κ3) is 3.82. The lowest BCUT2D eigenvalue weighted by Gasteiger charge is -2.33. The van der Waals surface area contributed by atoms with Crippen LogP contribution in [-0.2, 0) is 27.3 Å². The van der Waals surface area contributed by atoms with Crippen LogP contribution in [0.1, 0.15) is 29.0 Å². The quantitative estimate of drug-likeness (QED) is 0.697. The summed E-state index contributed by atoms with van der Waals surface area (Å²) in [6.07, 6.45) is 0.591. The van der Waals surface area contributed by atoms with E-state index < -0.39 is 23.2 Å². The van der Waals surface area contributed by atoms with Crippen molar-refractivity contribution in [2.45, 2.75) is 31.0 Å². The molecule has 2 aromatic carbocycles. The summed E-state index contributed by atoms with van der Waals surface area (Å²) in [6.45, 7) is 2.04. The van der Waals surface area contributed by atoms with Crippen molar-refractivity contribution >= 4 is 5.91 Å². The van der Waals surface area contributed by atoms with Crippen LogP contribution < -0.4 is 15.8 Å².